The third-order valence-corrected chi connectivity index (χ3v) is 2.51. The van der Waals surface area contributed by atoms with Gasteiger partial charge in [0.05, 0.1) is 0 Å². The van der Waals surface area contributed by atoms with Crippen molar-refractivity contribution in [3.8, 4) is 0 Å². The van der Waals surface area contributed by atoms with Crippen molar-refractivity contribution in [2.24, 2.45) is 10.7 Å². The number of hydrogen-bond donors (Lipinski definition) is 2. The van der Waals surface area contributed by atoms with Crippen LogP contribution in [0.4, 0.5) is 8.78 Å². The van der Waals surface area contributed by atoms with Gasteiger partial charge in [0, 0.05) is 0 Å². The van der Waals surface area contributed by atoms with Gasteiger partial charge in [0.15, 0.2) is 23.1 Å². The summed E-state index contributed by atoms with van der Waals surface area (Å²) in [4.78, 5) is 15.5. The number of amides is 1. The first-order chi connectivity index (χ1) is 7.43. The quantitative estimate of drug-likeness (QED) is 0.735. The van der Waals surface area contributed by atoms with Gasteiger partial charge in [-0.25, -0.2) is 13.8 Å². The molecule has 3 N–H and O–H groups in total. The number of carbonyl (C=O) groups excluding carboxylic acids is 1. The highest BCUT2D eigenvalue weighted by Gasteiger charge is 2.40. The van der Waals surface area contributed by atoms with E-state index in [1.54, 1.807) is 0 Å². The lowest BCUT2D eigenvalue weighted by Gasteiger charge is -2.17. The largest absolute Gasteiger partial charge is 0.370 e. The summed E-state index contributed by atoms with van der Waals surface area (Å²) in [6.07, 6.45) is 0. The zero-order chi connectivity index (χ0) is 11.9. The minimum atomic E-state index is -1.29. The molecular formula is C10H9F2N3O. The Kier molecular flexibility index (Phi) is 2.15. The third-order valence-electron chi connectivity index (χ3n) is 2.51. The van der Waals surface area contributed by atoms with Gasteiger partial charge in [0.1, 0.15) is 0 Å². The predicted molar refractivity (Wildman–Crippen MR) is 53.5 cm³/mol. The van der Waals surface area contributed by atoms with Crippen molar-refractivity contribution in [2.45, 2.75) is 12.5 Å². The summed E-state index contributed by atoms with van der Waals surface area (Å²) >= 11 is 0. The Morgan fingerprint density at radius 3 is 2.56 bits per heavy atom. The van der Waals surface area contributed by atoms with Crippen LogP contribution in [0.3, 0.4) is 0 Å². The van der Waals surface area contributed by atoms with Crippen molar-refractivity contribution in [1.82, 2.24) is 5.32 Å². The predicted octanol–water partition coefficient (Wildman–Crippen LogP) is 0.625. The van der Waals surface area contributed by atoms with Crippen molar-refractivity contribution in [3.05, 3.63) is 35.4 Å². The van der Waals surface area contributed by atoms with Gasteiger partial charge < -0.3 is 5.73 Å². The molecule has 0 bridgehead atoms. The lowest BCUT2D eigenvalue weighted by atomic mass is 9.92. The van der Waals surface area contributed by atoms with Crippen LogP contribution in [0.1, 0.15) is 12.5 Å². The molecule has 84 valence electrons. The van der Waals surface area contributed by atoms with Gasteiger partial charge in [-0.2, -0.15) is 0 Å². The Labute approximate surface area is 90.2 Å². The first kappa shape index (κ1) is 10.5. The maximum absolute atomic E-state index is 13.0. The van der Waals surface area contributed by atoms with E-state index in [0.29, 0.717) is 0 Å². The summed E-state index contributed by atoms with van der Waals surface area (Å²) in [5.41, 5.74) is 4.32. The number of nitrogens with one attached hydrogen (secondary N) is 1. The fourth-order valence-corrected chi connectivity index (χ4v) is 1.55. The second-order valence-corrected chi connectivity index (χ2v) is 3.65. The Morgan fingerprint density at radius 1 is 1.38 bits per heavy atom. The zero-order valence-corrected chi connectivity index (χ0v) is 8.42. The first-order valence-electron chi connectivity index (χ1n) is 4.56. The summed E-state index contributed by atoms with van der Waals surface area (Å²) in [7, 11) is 0. The lowest BCUT2D eigenvalue weighted by molar-refractivity contribution is -0.123. The minimum Gasteiger partial charge on any atom is -0.370 e. The molecule has 0 saturated carbocycles. The standard InChI is InChI=1S/C10H9F2N3O/c1-10(8(16)14-9(13)15-10)5-2-3-6(11)7(12)4-5/h2-4H,1H3,(H3,13,14,15,16). The molecule has 6 heteroatoms. The Morgan fingerprint density at radius 2 is 2.06 bits per heavy atom. The number of benzene rings is 1. The van der Waals surface area contributed by atoms with Crippen LogP contribution in [0.25, 0.3) is 0 Å². The maximum Gasteiger partial charge on any atom is 0.259 e. The van der Waals surface area contributed by atoms with Gasteiger partial charge in [-0.1, -0.05) is 6.07 Å². The van der Waals surface area contributed by atoms with E-state index >= 15 is 0 Å². The van der Waals surface area contributed by atoms with E-state index in [1.807, 2.05) is 0 Å². The van der Waals surface area contributed by atoms with E-state index in [2.05, 4.69) is 10.3 Å². The normalized spacial score (nSPS) is 24.2. The van der Waals surface area contributed by atoms with E-state index in [1.165, 1.54) is 13.0 Å². The van der Waals surface area contributed by atoms with Crippen LogP contribution in [0.5, 0.6) is 0 Å². The number of nitrogens with two attached hydrogens (primary N) is 1. The van der Waals surface area contributed by atoms with Gasteiger partial charge >= 0.3 is 0 Å². The molecule has 1 unspecified atom stereocenters. The number of rotatable bonds is 1. The highest BCUT2D eigenvalue weighted by Crippen LogP contribution is 2.29. The molecule has 0 fully saturated rings. The summed E-state index contributed by atoms with van der Waals surface area (Å²) in [5.74, 6) is -2.48. The van der Waals surface area contributed by atoms with E-state index in [0.717, 1.165) is 12.1 Å². The fourth-order valence-electron chi connectivity index (χ4n) is 1.55. The maximum atomic E-state index is 13.0. The van der Waals surface area contributed by atoms with Gasteiger partial charge in [0.25, 0.3) is 5.91 Å². The smallest absolute Gasteiger partial charge is 0.259 e. The number of aliphatic imine (C=N–C) groups is 1. The molecule has 1 aromatic carbocycles. The average Bonchev–Trinajstić information content (AvgIpc) is 2.46. The van der Waals surface area contributed by atoms with E-state index in [4.69, 9.17) is 5.73 Å². The van der Waals surface area contributed by atoms with Gasteiger partial charge in [0.2, 0.25) is 0 Å². The average molecular weight is 225 g/mol. The second kappa shape index (κ2) is 3.26. The van der Waals surface area contributed by atoms with Crippen LogP contribution in [0, 0.1) is 11.6 Å². The van der Waals surface area contributed by atoms with E-state index in [9.17, 15) is 13.6 Å². The zero-order valence-electron chi connectivity index (χ0n) is 8.42. The molecule has 1 heterocycles. The van der Waals surface area contributed by atoms with Crippen molar-refractivity contribution in [3.63, 3.8) is 0 Å². The third kappa shape index (κ3) is 1.42. The van der Waals surface area contributed by atoms with Gasteiger partial charge in [-0.05, 0) is 24.6 Å². The molecular weight excluding hydrogens is 216 g/mol. The number of guanidine groups is 1. The topological polar surface area (TPSA) is 67.5 Å². The molecule has 1 aliphatic heterocycles. The van der Waals surface area contributed by atoms with Crippen LogP contribution in [0.15, 0.2) is 23.2 Å². The second-order valence-electron chi connectivity index (χ2n) is 3.65. The van der Waals surface area contributed by atoms with Crippen LogP contribution in [0.2, 0.25) is 0 Å². The van der Waals surface area contributed by atoms with Gasteiger partial charge in [-0.15, -0.1) is 0 Å². The summed E-state index contributed by atoms with van der Waals surface area (Å²) in [6, 6.07) is 3.20. The van der Waals surface area contributed by atoms with Crippen molar-refractivity contribution in [2.75, 3.05) is 0 Å². The molecule has 1 amide bonds. The number of hydrogen-bond acceptors (Lipinski definition) is 3. The van der Waals surface area contributed by atoms with E-state index < -0.39 is 23.1 Å². The Bertz CT molecular complexity index is 501. The van der Waals surface area contributed by atoms with Crippen LogP contribution < -0.4 is 11.1 Å². The highest BCUT2D eigenvalue weighted by atomic mass is 19.2. The fraction of sp³-hybridized carbons (Fsp3) is 0.200. The van der Waals surface area contributed by atoms with Crippen LogP contribution in [-0.4, -0.2) is 11.9 Å². The molecule has 0 aromatic heterocycles. The van der Waals surface area contributed by atoms with Crippen molar-refractivity contribution < 1.29 is 13.6 Å². The molecule has 1 aliphatic rings. The minimum absolute atomic E-state index is 0.0303. The molecule has 0 aliphatic carbocycles. The van der Waals surface area contributed by atoms with Crippen LogP contribution >= 0.6 is 0 Å². The summed E-state index contributed by atoms with van der Waals surface area (Å²) in [6.45, 7) is 1.48. The van der Waals surface area contributed by atoms with Crippen molar-refractivity contribution in [1.29, 1.82) is 0 Å². The molecule has 2 rings (SSSR count). The molecule has 4 nitrogen and oxygen atoms in total. The summed E-state index contributed by atoms with van der Waals surface area (Å²) < 4.78 is 25.8. The Balaban J connectivity index is 2.51. The molecule has 16 heavy (non-hydrogen) atoms. The Hall–Kier alpha value is -1.98. The van der Waals surface area contributed by atoms with E-state index in [-0.39, 0.29) is 11.5 Å². The monoisotopic (exact) mass is 225 g/mol. The van der Waals surface area contributed by atoms with Crippen LogP contribution in [-0.2, 0) is 10.3 Å². The molecule has 0 saturated heterocycles. The number of halogens is 2. The molecule has 1 atom stereocenters. The lowest BCUT2D eigenvalue weighted by Crippen LogP contribution is -2.37. The molecule has 0 radical (unpaired) electrons. The van der Waals surface area contributed by atoms with Crippen molar-refractivity contribution >= 4 is 11.9 Å². The SMILES string of the molecule is CC1(c2ccc(F)c(F)c2)N=C(N)NC1=O. The number of carbonyl (C=O) groups is 1. The first-order valence-corrected chi connectivity index (χ1v) is 4.56. The molecule has 1 aromatic rings. The number of nitrogens with zero attached hydrogens (tertiary/aromatic N) is 1. The van der Waals surface area contributed by atoms with Gasteiger partial charge in [-0.3, -0.25) is 10.1 Å². The highest BCUT2D eigenvalue weighted by molar-refractivity contribution is 6.06. The molecule has 0 spiro atoms. The summed E-state index contributed by atoms with van der Waals surface area (Å²) in [5, 5.41) is 2.31.